The number of carbonyl (C=O) groups is 1. The van der Waals surface area contributed by atoms with Gasteiger partial charge in [0.15, 0.2) is 0 Å². The monoisotopic (exact) mass is 391 g/mol. The Hall–Kier alpha value is -2.29. The molecule has 0 aliphatic heterocycles. The summed E-state index contributed by atoms with van der Waals surface area (Å²) in [6.07, 6.45) is 1.21. The molecule has 0 fully saturated rings. The number of nitrogens with zero attached hydrogens (tertiary/aromatic N) is 3. The first-order chi connectivity index (χ1) is 12.2. The molecule has 26 heavy (non-hydrogen) atoms. The van der Waals surface area contributed by atoms with Crippen LogP contribution in [0.15, 0.2) is 23.8 Å². The molecule has 0 spiro atoms. The highest BCUT2D eigenvalue weighted by molar-refractivity contribution is 6.35. The highest BCUT2D eigenvalue weighted by Gasteiger charge is 2.17. The van der Waals surface area contributed by atoms with Gasteiger partial charge in [0.25, 0.3) is 0 Å². The lowest BCUT2D eigenvalue weighted by atomic mass is 10.1. The van der Waals surface area contributed by atoms with Gasteiger partial charge in [0.1, 0.15) is 11.6 Å². The molecule has 0 aliphatic carbocycles. The molecule has 5 nitrogen and oxygen atoms in total. The number of ether oxygens (including phenoxy) is 1. The van der Waals surface area contributed by atoms with Gasteiger partial charge in [0.2, 0.25) is 0 Å². The number of nitriles is 1. The van der Waals surface area contributed by atoms with E-state index in [1.807, 2.05) is 19.9 Å². The Kier molecular flexibility index (Phi) is 6.47. The Balaban J connectivity index is 2.40. The first-order valence-electron chi connectivity index (χ1n) is 8.04. The van der Waals surface area contributed by atoms with E-state index >= 15 is 0 Å². The van der Waals surface area contributed by atoms with Crippen LogP contribution in [-0.2, 0) is 16.1 Å². The van der Waals surface area contributed by atoms with Crippen LogP contribution in [0.2, 0.25) is 10.0 Å². The fourth-order valence-corrected chi connectivity index (χ4v) is 2.98. The summed E-state index contributed by atoms with van der Waals surface area (Å²) >= 11 is 12.5. The average molecular weight is 392 g/mol. The van der Waals surface area contributed by atoms with E-state index in [0.29, 0.717) is 27.8 Å². The summed E-state index contributed by atoms with van der Waals surface area (Å²) < 4.78 is 6.84. The lowest BCUT2D eigenvalue weighted by Crippen LogP contribution is -2.12. The maximum absolute atomic E-state index is 12.0. The summed E-state index contributed by atoms with van der Waals surface area (Å²) in [6.45, 7) is 7.52. The van der Waals surface area contributed by atoms with Crippen molar-refractivity contribution in [1.82, 2.24) is 9.78 Å². The van der Waals surface area contributed by atoms with Crippen LogP contribution >= 0.6 is 23.2 Å². The van der Waals surface area contributed by atoms with Crippen LogP contribution in [0.25, 0.3) is 6.08 Å². The van der Waals surface area contributed by atoms with E-state index in [1.165, 1.54) is 6.08 Å². The molecule has 1 aromatic heterocycles. The number of esters is 1. The van der Waals surface area contributed by atoms with Crippen LogP contribution < -0.4 is 0 Å². The molecule has 136 valence electrons. The number of rotatable bonds is 5. The van der Waals surface area contributed by atoms with Gasteiger partial charge >= 0.3 is 5.97 Å². The Morgan fingerprint density at radius 3 is 2.50 bits per heavy atom. The molecule has 7 heteroatoms. The third-order valence-corrected chi connectivity index (χ3v) is 4.49. The fourth-order valence-electron chi connectivity index (χ4n) is 2.47. The van der Waals surface area contributed by atoms with E-state index < -0.39 is 5.97 Å². The molecule has 2 rings (SSSR count). The SMILES string of the molecule is Cc1nn(Cc2c(Cl)cccc2Cl)c(C)c1/C=C(\C#N)C(=O)OC(C)C. The van der Waals surface area contributed by atoms with Crippen molar-refractivity contribution in [1.29, 1.82) is 5.26 Å². The van der Waals surface area contributed by atoms with Gasteiger partial charge < -0.3 is 4.74 Å². The second kappa shape index (κ2) is 8.39. The van der Waals surface area contributed by atoms with Gasteiger partial charge in [0.05, 0.1) is 18.3 Å². The van der Waals surface area contributed by atoms with Gasteiger partial charge in [0, 0.05) is 26.9 Å². The first-order valence-corrected chi connectivity index (χ1v) is 8.79. The van der Waals surface area contributed by atoms with Crippen molar-refractivity contribution in [3.8, 4) is 6.07 Å². The molecule has 0 radical (unpaired) electrons. The quantitative estimate of drug-likeness (QED) is 0.420. The van der Waals surface area contributed by atoms with Crippen LogP contribution in [0.1, 0.15) is 36.4 Å². The number of aryl methyl sites for hydroxylation is 1. The first kappa shape index (κ1) is 20.0. The number of carbonyl (C=O) groups excluding carboxylic acids is 1. The number of halogens is 2. The second-order valence-corrected chi connectivity index (χ2v) is 6.88. The van der Waals surface area contributed by atoms with Gasteiger partial charge in [-0.1, -0.05) is 29.3 Å². The van der Waals surface area contributed by atoms with Crippen LogP contribution in [0.5, 0.6) is 0 Å². The molecular formula is C19H19Cl2N3O2. The maximum Gasteiger partial charge on any atom is 0.349 e. The van der Waals surface area contributed by atoms with Gasteiger partial charge in [-0.3, -0.25) is 4.68 Å². The smallest absolute Gasteiger partial charge is 0.349 e. The second-order valence-electron chi connectivity index (χ2n) is 6.07. The van der Waals surface area contributed by atoms with Crippen molar-refractivity contribution in [3.63, 3.8) is 0 Å². The van der Waals surface area contributed by atoms with Crippen molar-refractivity contribution >= 4 is 35.2 Å². The van der Waals surface area contributed by atoms with E-state index in [4.69, 9.17) is 27.9 Å². The normalized spacial score (nSPS) is 11.5. The zero-order valence-corrected chi connectivity index (χ0v) is 16.5. The molecule has 0 unspecified atom stereocenters. The summed E-state index contributed by atoms with van der Waals surface area (Å²) in [7, 11) is 0. The standard InChI is InChI=1S/C19H19Cl2N3O2/c1-11(2)26-19(25)14(9-22)8-15-12(3)23-24(13(15)4)10-16-17(20)6-5-7-18(16)21/h5-8,11H,10H2,1-4H3/b14-8+. The molecule has 0 saturated heterocycles. The van der Waals surface area contributed by atoms with Crippen LogP contribution in [0.3, 0.4) is 0 Å². The zero-order valence-electron chi connectivity index (χ0n) is 15.0. The molecule has 0 saturated carbocycles. The number of benzene rings is 1. The number of hydrogen-bond acceptors (Lipinski definition) is 4. The van der Waals surface area contributed by atoms with Crippen LogP contribution in [0.4, 0.5) is 0 Å². The fraction of sp³-hybridized carbons (Fsp3) is 0.316. The van der Waals surface area contributed by atoms with Crippen LogP contribution in [-0.4, -0.2) is 21.9 Å². The predicted octanol–water partition coefficient (Wildman–Crippen LogP) is 4.71. The van der Waals surface area contributed by atoms with E-state index in [2.05, 4.69) is 5.10 Å². The lowest BCUT2D eigenvalue weighted by molar-refractivity contribution is -0.142. The molecule has 0 amide bonds. The van der Waals surface area contributed by atoms with E-state index in [9.17, 15) is 10.1 Å². The van der Waals surface area contributed by atoms with Gasteiger partial charge in [-0.2, -0.15) is 10.4 Å². The summed E-state index contributed by atoms with van der Waals surface area (Å²) in [5.41, 5.74) is 2.88. The van der Waals surface area contributed by atoms with E-state index in [0.717, 1.165) is 11.3 Å². The molecule has 0 bridgehead atoms. The minimum atomic E-state index is -0.650. The van der Waals surface area contributed by atoms with Crippen molar-refractivity contribution in [2.24, 2.45) is 0 Å². The summed E-state index contributed by atoms with van der Waals surface area (Å²) in [5, 5.41) is 14.9. The van der Waals surface area contributed by atoms with Crippen molar-refractivity contribution < 1.29 is 9.53 Å². The van der Waals surface area contributed by atoms with Gasteiger partial charge in [-0.05, 0) is 45.9 Å². The van der Waals surface area contributed by atoms with E-state index in [-0.39, 0.29) is 11.7 Å². The average Bonchev–Trinajstić information content (AvgIpc) is 2.82. The zero-order chi connectivity index (χ0) is 19.4. The molecule has 2 aromatic rings. The minimum Gasteiger partial charge on any atom is -0.459 e. The molecular weight excluding hydrogens is 373 g/mol. The van der Waals surface area contributed by atoms with Crippen molar-refractivity contribution in [2.75, 3.05) is 0 Å². The largest absolute Gasteiger partial charge is 0.459 e. The topological polar surface area (TPSA) is 67.9 Å². The van der Waals surface area contributed by atoms with Gasteiger partial charge in [-0.25, -0.2) is 4.79 Å². The Bertz CT molecular complexity index is 888. The molecule has 0 atom stereocenters. The van der Waals surface area contributed by atoms with Crippen molar-refractivity contribution in [2.45, 2.75) is 40.3 Å². The minimum absolute atomic E-state index is 0.0692. The summed E-state index contributed by atoms with van der Waals surface area (Å²) in [4.78, 5) is 12.0. The third-order valence-electron chi connectivity index (χ3n) is 3.78. The lowest BCUT2D eigenvalue weighted by Gasteiger charge is -2.09. The number of hydrogen-bond donors (Lipinski definition) is 0. The highest BCUT2D eigenvalue weighted by atomic mass is 35.5. The number of aromatic nitrogens is 2. The molecule has 1 aromatic carbocycles. The summed E-state index contributed by atoms with van der Waals surface area (Å²) in [6, 6.07) is 7.21. The van der Waals surface area contributed by atoms with Crippen LogP contribution in [0, 0.1) is 25.2 Å². The third kappa shape index (κ3) is 4.46. The predicted molar refractivity (Wildman–Crippen MR) is 102 cm³/mol. The summed E-state index contributed by atoms with van der Waals surface area (Å²) in [5.74, 6) is -0.650. The van der Waals surface area contributed by atoms with E-state index in [1.54, 1.807) is 36.7 Å². The maximum atomic E-state index is 12.0. The Morgan fingerprint density at radius 2 is 1.96 bits per heavy atom. The molecule has 0 aliphatic rings. The Labute approximate surface area is 162 Å². The molecule has 0 N–H and O–H groups in total. The molecule has 1 heterocycles. The van der Waals surface area contributed by atoms with Crippen molar-refractivity contribution in [3.05, 3.63) is 56.3 Å². The highest BCUT2D eigenvalue weighted by Crippen LogP contribution is 2.26. The van der Waals surface area contributed by atoms with Gasteiger partial charge in [-0.15, -0.1) is 0 Å². The Morgan fingerprint density at radius 1 is 1.35 bits per heavy atom.